The number of hydrogen-bond donors (Lipinski definition) is 2. The molecule has 2 N–H and O–H groups in total. The van der Waals surface area contributed by atoms with Gasteiger partial charge in [0.25, 0.3) is 0 Å². The van der Waals surface area contributed by atoms with Gasteiger partial charge in [-0.2, -0.15) is 0 Å². The van der Waals surface area contributed by atoms with Crippen molar-refractivity contribution in [1.29, 1.82) is 0 Å². The summed E-state index contributed by atoms with van der Waals surface area (Å²) in [5, 5.41) is 9.83. The number of para-hydroxylation sites is 2. The SMILES string of the molecule is CCn1c2ccccc2c2cc(NC(=S)Nc3ccccc3C(C)C)ccc21. The largest absolute Gasteiger partial charge is 0.341 e. The van der Waals surface area contributed by atoms with Crippen LogP contribution in [0.1, 0.15) is 32.3 Å². The molecule has 4 rings (SSSR count). The number of aryl methyl sites for hydroxylation is 1. The lowest BCUT2D eigenvalue weighted by molar-refractivity contribution is 0.827. The van der Waals surface area contributed by atoms with Gasteiger partial charge in [0.1, 0.15) is 0 Å². The summed E-state index contributed by atoms with van der Waals surface area (Å²) in [6.07, 6.45) is 0. The van der Waals surface area contributed by atoms with Crippen LogP contribution in [0, 0.1) is 0 Å². The van der Waals surface area contributed by atoms with E-state index in [9.17, 15) is 0 Å². The number of hydrogen-bond acceptors (Lipinski definition) is 1. The first-order chi connectivity index (χ1) is 13.6. The van der Waals surface area contributed by atoms with Gasteiger partial charge in [-0.1, -0.05) is 50.2 Å². The number of aromatic nitrogens is 1. The highest BCUT2D eigenvalue weighted by Gasteiger charge is 2.11. The Hall–Kier alpha value is -2.85. The predicted octanol–water partition coefficient (Wildman–Crippen LogP) is 6.75. The van der Waals surface area contributed by atoms with Crippen molar-refractivity contribution < 1.29 is 0 Å². The average Bonchev–Trinajstić information content (AvgIpc) is 3.01. The Morgan fingerprint density at radius 1 is 0.893 bits per heavy atom. The van der Waals surface area contributed by atoms with Crippen molar-refractivity contribution in [3.8, 4) is 0 Å². The molecule has 0 amide bonds. The molecule has 0 spiro atoms. The van der Waals surface area contributed by atoms with Gasteiger partial charge in [-0.25, -0.2) is 0 Å². The molecule has 0 atom stereocenters. The van der Waals surface area contributed by atoms with Crippen LogP contribution in [0.15, 0.2) is 66.7 Å². The molecule has 4 heteroatoms. The molecular formula is C24H25N3S. The zero-order chi connectivity index (χ0) is 19.7. The van der Waals surface area contributed by atoms with Crippen LogP contribution >= 0.6 is 12.2 Å². The number of benzene rings is 3. The van der Waals surface area contributed by atoms with Gasteiger partial charge < -0.3 is 15.2 Å². The van der Waals surface area contributed by atoms with Crippen LogP contribution in [0.25, 0.3) is 21.8 Å². The van der Waals surface area contributed by atoms with Gasteiger partial charge >= 0.3 is 0 Å². The third kappa shape index (κ3) is 3.36. The monoisotopic (exact) mass is 387 g/mol. The molecule has 3 aromatic carbocycles. The average molecular weight is 388 g/mol. The Morgan fingerprint density at radius 2 is 1.61 bits per heavy atom. The molecular weight excluding hydrogens is 362 g/mol. The molecule has 0 unspecified atom stereocenters. The highest BCUT2D eigenvalue weighted by molar-refractivity contribution is 7.80. The van der Waals surface area contributed by atoms with Crippen molar-refractivity contribution >= 4 is 50.5 Å². The van der Waals surface area contributed by atoms with Crippen molar-refractivity contribution in [3.63, 3.8) is 0 Å². The molecule has 0 saturated heterocycles. The van der Waals surface area contributed by atoms with Crippen LogP contribution in [0.3, 0.4) is 0 Å². The third-order valence-corrected chi connectivity index (χ3v) is 5.38. The van der Waals surface area contributed by atoms with Gasteiger partial charge in [-0.3, -0.25) is 0 Å². The quantitative estimate of drug-likeness (QED) is 0.380. The van der Waals surface area contributed by atoms with Crippen LogP contribution in [0.2, 0.25) is 0 Å². The number of anilines is 2. The predicted molar refractivity (Wildman–Crippen MR) is 125 cm³/mol. The van der Waals surface area contributed by atoms with Crippen LogP contribution in [0.5, 0.6) is 0 Å². The fourth-order valence-corrected chi connectivity index (χ4v) is 4.10. The first kappa shape index (κ1) is 18.5. The van der Waals surface area contributed by atoms with Crippen molar-refractivity contribution in [2.75, 3.05) is 10.6 Å². The lowest BCUT2D eigenvalue weighted by atomic mass is 10.0. The first-order valence-corrected chi connectivity index (χ1v) is 10.2. The minimum atomic E-state index is 0.433. The normalized spacial score (nSPS) is 11.3. The molecule has 0 saturated carbocycles. The first-order valence-electron chi connectivity index (χ1n) is 9.76. The Balaban J connectivity index is 1.64. The Labute approximate surface area is 171 Å². The van der Waals surface area contributed by atoms with E-state index in [1.54, 1.807) is 0 Å². The van der Waals surface area contributed by atoms with Crippen LogP contribution in [0.4, 0.5) is 11.4 Å². The summed E-state index contributed by atoms with van der Waals surface area (Å²) in [5.41, 5.74) is 5.82. The van der Waals surface area contributed by atoms with Crippen molar-refractivity contribution in [2.24, 2.45) is 0 Å². The molecule has 0 aliphatic rings. The topological polar surface area (TPSA) is 29.0 Å². The van der Waals surface area contributed by atoms with Gasteiger partial charge in [0.15, 0.2) is 5.11 Å². The Morgan fingerprint density at radius 3 is 2.39 bits per heavy atom. The summed E-state index contributed by atoms with van der Waals surface area (Å²) in [7, 11) is 0. The maximum Gasteiger partial charge on any atom is 0.175 e. The summed E-state index contributed by atoms with van der Waals surface area (Å²) in [4.78, 5) is 0. The zero-order valence-corrected chi connectivity index (χ0v) is 17.3. The van der Waals surface area contributed by atoms with E-state index in [4.69, 9.17) is 12.2 Å². The smallest absolute Gasteiger partial charge is 0.175 e. The number of nitrogens with one attached hydrogen (secondary N) is 2. The van der Waals surface area contributed by atoms with E-state index < -0.39 is 0 Å². The lowest BCUT2D eigenvalue weighted by Crippen LogP contribution is -2.20. The molecule has 1 aromatic heterocycles. The van der Waals surface area contributed by atoms with E-state index in [2.05, 4.69) is 96.6 Å². The van der Waals surface area contributed by atoms with Gasteiger partial charge in [-0.05, 0) is 61.0 Å². The minimum Gasteiger partial charge on any atom is -0.341 e. The van der Waals surface area contributed by atoms with Gasteiger partial charge in [-0.15, -0.1) is 0 Å². The molecule has 0 aliphatic heterocycles. The van der Waals surface area contributed by atoms with E-state index in [0.717, 1.165) is 17.9 Å². The molecule has 28 heavy (non-hydrogen) atoms. The fraction of sp³-hybridized carbons (Fsp3) is 0.208. The summed E-state index contributed by atoms with van der Waals surface area (Å²) in [5.74, 6) is 0.433. The van der Waals surface area contributed by atoms with Crippen LogP contribution < -0.4 is 10.6 Å². The summed E-state index contributed by atoms with van der Waals surface area (Å²) < 4.78 is 2.35. The highest BCUT2D eigenvalue weighted by Crippen LogP contribution is 2.31. The van der Waals surface area contributed by atoms with Crippen LogP contribution in [-0.4, -0.2) is 9.68 Å². The van der Waals surface area contributed by atoms with Gasteiger partial charge in [0.2, 0.25) is 0 Å². The van der Waals surface area contributed by atoms with Gasteiger partial charge in [0.05, 0.1) is 0 Å². The van der Waals surface area contributed by atoms with E-state index in [1.807, 2.05) is 6.07 Å². The van der Waals surface area contributed by atoms with E-state index in [-0.39, 0.29) is 0 Å². The maximum atomic E-state index is 5.58. The minimum absolute atomic E-state index is 0.433. The lowest BCUT2D eigenvalue weighted by Gasteiger charge is -2.16. The molecule has 0 aliphatic carbocycles. The second-order valence-corrected chi connectivity index (χ2v) is 7.72. The Kier molecular flexibility index (Phi) is 5.05. The second kappa shape index (κ2) is 7.64. The summed E-state index contributed by atoms with van der Waals surface area (Å²) in [6, 6.07) is 23.3. The summed E-state index contributed by atoms with van der Waals surface area (Å²) >= 11 is 5.58. The standard InChI is InChI=1S/C24H25N3S/c1-4-27-22-12-8-6-10-19(22)20-15-17(13-14-23(20)27)25-24(28)26-21-11-7-5-9-18(21)16(2)3/h5-16H,4H2,1-3H3,(H2,25,26,28). The highest BCUT2D eigenvalue weighted by atomic mass is 32.1. The van der Waals surface area contributed by atoms with E-state index in [0.29, 0.717) is 11.0 Å². The van der Waals surface area contributed by atoms with Crippen molar-refractivity contribution in [3.05, 3.63) is 72.3 Å². The molecule has 0 fully saturated rings. The number of nitrogens with zero attached hydrogens (tertiary/aromatic N) is 1. The third-order valence-electron chi connectivity index (χ3n) is 5.18. The molecule has 0 bridgehead atoms. The molecule has 4 aromatic rings. The fourth-order valence-electron chi connectivity index (χ4n) is 3.87. The molecule has 1 heterocycles. The maximum absolute atomic E-state index is 5.58. The number of fused-ring (bicyclic) bond motifs is 3. The molecule has 142 valence electrons. The van der Waals surface area contributed by atoms with Crippen molar-refractivity contribution in [2.45, 2.75) is 33.2 Å². The number of rotatable bonds is 4. The molecule has 3 nitrogen and oxygen atoms in total. The summed E-state index contributed by atoms with van der Waals surface area (Å²) in [6.45, 7) is 7.51. The Bertz CT molecular complexity index is 1160. The van der Waals surface area contributed by atoms with E-state index in [1.165, 1.54) is 27.4 Å². The number of thiocarbonyl (C=S) groups is 1. The second-order valence-electron chi connectivity index (χ2n) is 7.31. The van der Waals surface area contributed by atoms with Crippen molar-refractivity contribution in [1.82, 2.24) is 4.57 Å². The zero-order valence-electron chi connectivity index (χ0n) is 16.5. The van der Waals surface area contributed by atoms with Gasteiger partial charge in [0, 0.05) is 39.7 Å². The van der Waals surface area contributed by atoms with E-state index >= 15 is 0 Å². The molecule has 0 radical (unpaired) electrons. The van der Waals surface area contributed by atoms with Crippen LogP contribution in [-0.2, 0) is 6.54 Å².